The summed E-state index contributed by atoms with van der Waals surface area (Å²) in [6.45, 7) is 1.90. The molecule has 1 amide bonds. The molecule has 0 aliphatic heterocycles. The van der Waals surface area contributed by atoms with Gasteiger partial charge in [-0.25, -0.2) is 0 Å². The molecular weight excluding hydrogens is 374 g/mol. The molecule has 0 aromatic heterocycles. The highest BCUT2D eigenvalue weighted by Gasteiger charge is 2.42. The van der Waals surface area contributed by atoms with Crippen molar-refractivity contribution in [1.82, 2.24) is 0 Å². The lowest BCUT2D eigenvalue weighted by Crippen LogP contribution is -2.30. The number of anilines is 1. The Labute approximate surface area is 169 Å². The van der Waals surface area contributed by atoms with Gasteiger partial charge in [0.15, 0.2) is 0 Å². The quantitative estimate of drug-likeness (QED) is 0.567. The van der Waals surface area contributed by atoms with Crippen LogP contribution in [0.25, 0.3) is 0 Å². The average Bonchev–Trinajstić information content (AvgIpc) is 3.33. The molecule has 2 aromatic rings. The number of ether oxygens (including phenoxy) is 1. The van der Waals surface area contributed by atoms with Gasteiger partial charge in [0.05, 0.1) is 5.92 Å². The van der Waals surface area contributed by atoms with Gasteiger partial charge in [-0.1, -0.05) is 60.2 Å². The van der Waals surface area contributed by atoms with Crippen LogP contribution in [0, 0.1) is 24.7 Å². The number of amides is 1. The third-order valence-corrected chi connectivity index (χ3v) is 6.00. The molecule has 0 saturated heterocycles. The highest BCUT2D eigenvalue weighted by atomic mass is 35.5. The second-order valence-corrected chi connectivity index (χ2v) is 7.97. The lowest BCUT2D eigenvalue weighted by molar-refractivity contribution is -0.159. The minimum absolute atomic E-state index is 0.164. The maximum atomic E-state index is 13.0. The fourth-order valence-corrected chi connectivity index (χ4v) is 4.22. The third-order valence-electron chi connectivity index (χ3n) is 5.60. The third kappa shape index (κ3) is 3.83. The molecule has 1 saturated carbocycles. The maximum absolute atomic E-state index is 13.0. The second-order valence-electron chi connectivity index (χ2n) is 7.57. The summed E-state index contributed by atoms with van der Waals surface area (Å²) in [7, 11) is 0. The zero-order valence-corrected chi connectivity index (χ0v) is 16.4. The number of nitrogens with one attached hydrogen (secondary N) is 1. The Morgan fingerprint density at radius 2 is 1.89 bits per heavy atom. The summed E-state index contributed by atoms with van der Waals surface area (Å²) in [6.07, 6.45) is 5.08. The summed E-state index contributed by atoms with van der Waals surface area (Å²) >= 11 is 6.16. The number of rotatable bonds is 5. The second kappa shape index (κ2) is 7.80. The number of fused-ring (bicyclic) bond motifs is 2. The molecule has 1 N–H and O–H groups in total. The molecule has 0 heterocycles. The summed E-state index contributed by atoms with van der Waals surface area (Å²) in [6, 6.07) is 14.4. The van der Waals surface area contributed by atoms with E-state index in [1.54, 1.807) is 24.3 Å². The van der Waals surface area contributed by atoms with Gasteiger partial charge >= 0.3 is 5.97 Å². The van der Waals surface area contributed by atoms with E-state index in [0.29, 0.717) is 22.2 Å². The van der Waals surface area contributed by atoms with E-state index < -0.39 is 12.0 Å². The van der Waals surface area contributed by atoms with Gasteiger partial charge < -0.3 is 10.1 Å². The highest BCUT2D eigenvalue weighted by molar-refractivity contribution is 6.31. The van der Waals surface area contributed by atoms with E-state index in [0.717, 1.165) is 18.4 Å². The summed E-state index contributed by atoms with van der Waals surface area (Å²) in [4.78, 5) is 25.8. The van der Waals surface area contributed by atoms with Crippen LogP contribution in [0.5, 0.6) is 0 Å². The maximum Gasteiger partial charge on any atom is 0.310 e. The number of carbonyl (C=O) groups excluding carboxylic acids is 2. The molecule has 0 spiro atoms. The van der Waals surface area contributed by atoms with Crippen LogP contribution in [0.1, 0.15) is 30.1 Å². The number of hydrogen-bond donors (Lipinski definition) is 1. The Bertz CT molecular complexity index is 925. The number of aryl methyl sites for hydroxylation is 1. The van der Waals surface area contributed by atoms with Crippen LogP contribution < -0.4 is 5.32 Å². The lowest BCUT2D eigenvalue weighted by atomic mass is 9.93. The van der Waals surface area contributed by atoms with Crippen LogP contribution in [-0.2, 0) is 14.3 Å². The van der Waals surface area contributed by atoms with Crippen molar-refractivity contribution in [3.63, 3.8) is 0 Å². The largest absolute Gasteiger partial charge is 0.447 e. The van der Waals surface area contributed by atoms with Crippen molar-refractivity contribution in [3.05, 3.63) is 76.8 Å². The van der Waals surface area contributed by atoms with Crippen LogP contribution in [0.2, 0.25) is 5.02 Å². The molecule has 5 heteroatoms. The SMILES string of the molecule is Cc1ccc(NC(=O)C(OC(=O)C2CC3C=CC2C3)c2ccccc2)cc1Cl. The normalized spacial score (nSPS) is 23.4. The van der Waals surface area contributed by atoms with Crippen molar-refractivity contribution in [1.29, 1.82) is 0 Å². The Kier molecular flexibility index (Phi) is 5.23. The van der Waals surface area contributed by atoms with Gasteiger partial charge in [0, 0.05) is 16.3 Å². The number of hydrogen-bond acceptors (Lipinski definition) is 3. The van der Waals surface area contributed by atoms with E-state index in [1.165, 1.54) is 0 Å². The highest BCUT2D eigenvalue weighted by Crippen LogP contribution is 2.44. The number of esters is 1. The molecule has 28 heavy (non-hydrogen) atoms. The van der Waals surface area contributed by atoms with Crippen LogP contribution >= 0.6 is 11.6 Å². The smallest absolute Gasteiger partial charge is 0.310 e. The molecular formula is C23H22ClNO3. The summed E-state index contributed by atoms with van der Waals surface area (Å²) in [5, 5.41) is 3.39. The molecule has 1 fully saturated rings. The van der Waals surface area contributed by atoms with E-state index >= 15 is 0 Å². The van der Waals surface area contributed by atoms with Gasteiger partial charge in [-0.05, 0) is 49.3 Å². The van der Waals surface area contributed by atoms with Crippen molar-refractivity contribution in [2.45, 2.75) is 25.9 Å². The number of allylic oxidation sites excluding steroid dienone is 2. The minimum atomic E-state index is -1.00. The molecule has 144 valence electrons. The van der Waals surface area contributed by atoms with Crippen LogP contribution in [0.3, 0.4) is 0 Å². The molecule has 4 atom stereocenters. The number of halogens is 1. The molecule has 4 nitrogen and oxygen atoms in total. The Balaban J connectivity index is 1.53. The first-order valence-electron chi connectivity index (χ1n) is 9.52. The van der Waals surface area contributed by atoms with Crippen LogP contribution in [0.4, 0.5) is 5.69 Å². The van der Waals surface area contributed by atoms with Crippen molar-refractivity contribution in [3.8, 4) is 0 Å². The molecule has 4 rings (SSSR count). The predicted octanol–water partition coefficient (Wildman–Crippen LogP) is 5.08. The molecule has 2 aromatic carbocycles. The van der Waals surface area contributed by atoms with Crippen molar-refractivity contribution in [2.75, 3.05) is 5.32 Å². The monoisotopic (exact) mass is 395 g/mol. The van der Waals surface area contributed by atoms with Gasteiger partial charge in [-0.2, -0.15) is 0 Å². The first-order chi connectivity index (χ1) is 13.5. The minimum Gasteiger partial charge on any atom is -0.447 e. The summed E-state index contributed by atoms with van der Waals surface area (Å²) in [5.74, 6) is -0.169. The first-order valence-corrected chi connectivity index (χ1v) is 9.90. The average molecular weight is 396 g/mol. The molecule has 2 aliphatic rings. The Morgan fingerprint density at radius 1 is 1.11 bits per heavy atom. The van der Waals surface area contributed by atoms with Gasteiger partial charge in [-0.15, -0.1) is 0 Å². The van der Waals surface area contributed by atoms with Gasteiger partial charge in [0.25, 0.3) is 5.91 Å². The van der Waals surface area contributed by atoms with Crippen molar-refractivity contribution >= 4 is 29.2 Å². The summed E-state index contributed by atoms with van der Waals surface area (Å²) < 4.78 is 5.74. The fourth-order valence-electron chi connectivity index (χ4n) is 4.03. The number of carbonyl (C=O) groups is 2. The molecule has 2 bridgehead atoms. The molecule has 2 aliphatic carbocycles. The van der Waals surface area contributed by atoms with E-state index in [-0.39, 0.29) is 17.8 Å². The van der Waals surface area contributed by atoms with E-state index in [1.807, 2.05) is 31.2 Å². The number of benzene rings is 2. The zero-order chi connectivity index (χ0) is 19.7. The van der Waals surface area contributed by atoms with Crippen molar-refractivity contribution in [2.24, 2.45) is 17.8 Å². The van der Waals surface area contributed by atoms with Gasteiger partial charge in [0.1, 0.15) is 0 Å². The topological polar surface area (TPSA) is 55.4 Å². The molecule has 4 unspecified atom stereocenters. The van der Waals surface area contributed by atoms with E-state index in [9.17, 15) is 9.59 Å². The van der Waals surface area contributed by atoms with Crippen LogP contribution in [0.15, 0.2) is 60.7 Å². The van der Waals surface area contributed by atoms with Gasteiger partial charge in [0.2, 0.25) is 6.10 Å². The van der Waals surface area contributed by atoms with Crippen molar-refractivity contribution < 1.29 is 14.3 Å². The fraction of sp³-hybridized carbons (Fsp3) is 0.304. The Hall–Kier alpha value is -2.59. The lowest BCUT2D eigenvalue weighted by Gasteiger charge is -2.22. The standard InChI is InChI=1S/C23H22ClNO3/c1-14-7-10-18(13-20(14)24)25-22(26)21(16-5-3-2-4-6-16)28-23(27)19-12-15-8-9-17(19)11-15/h2-10,13,15,17,19,21H,11-12H2,1H3,(H,25,26). The van der Waals surface area contributed by atoms with Crippen LogP contribution in [-0.4, -0.2) is 11.9 Å². The summed E-state index contributed by atoms with van der Waals surface area (Å²) in [5.41, 5.74) is 2.14. The van der Waals surface area contributed by atoms with E-state index in [2.05, 4.69) is 17.5 Å². The predicted molar refractivity (Wildman–Crippen MR) is 109 cm³/mol. The zero-order valence-electron chi connectivity index (χ0n) is 15.6. The van der Waals surface area contributed by atoms with E-state index in [4.69, 9.17) is 16.3 Å². The van der Waals surface area contributed by atoms with Gasteiger partial charge in [-0.3, -0.25) is 9.59 Å². The Morgan fingerprint density at radius 3 is 2.54 bits per heavy atom. The first kappa shape index (κ1) is 18.8. The molecule has 0 radical (unpaired) electrons.